The second-order valence-electron chi connectivity index (χ2n) is 8.02. The molecule has 0 atom stereocenters. The summed E-state index contributed by atoms with van der Waals surface area (Å²) in [7, 11) is 1.47. The second kappa shape index (κ2) is 12.6. The van der Waals surface area contributed by atoms with E-state index in [9.17, 15) is 23.2 Å². The molecular formula is C26H21ClF2N4O5S. The summed E-state index contributed by atoms with van der Waals surface area (Å²) in [5.41, 5.74) is 0.811. The van der Waals surface area contributed by atoms with Gasteiger partial charge in [0, 0.05) is 13.1 Å². The van der Waals surface area contributed by atoms with Gasteiger partial charge in [0.1, 0.15) is 17.2 Å². The fourth-order valence-corrected chi connectivity index (χ4v) is 4.53. The molecule has 1 aliphatic rings. The van der Waals surface area contributed by atoms with Crippen molar-refractivity contribution < 1.29 is 32.3 Å². The summed E-state index contributed by atoms with van der Waals surface area (Å²) in [6.07, 6.45) is 2.89. The van der Waals surface area contributed by atoms with E-state index in [0.717, 1.165) is 11.8 Å². The molecule has 2 heterocycles. The smallest absolute Gasteiger partial charge is 0.387 e. The number of carbonyl (C=O) groups is 3. The molecule has 0 spiro atoms. The van der Waals surface area contributed by atoms with Crippen molar-refractivity contribution in [2.45, 2.75) is 6.61 Å². The predicted octanol–water partition coefficient (Wildman–Crippen LogP) is 5.11. The van der Waals surface area contributed by atoms with Crippen molar-refractivity contribution >= 4 is 63.7 Å². The number of nitrogens with one attached hydrogen (secondary N) is 1. The summed E-state index contributed by atoms with van der Waals surface area (Å²) >= 11 is 7.04. The van der Waals surface area contributed by atoms with Gasteiger partial charge < -0.3 is 19.4 Å². The van der Waals surface area contributed by atoms with Crippen LogP contribution in [0.15, 0.2) is 82.0 Å². The number of halogens is 3. The Hall–Kier alpha value is -4.16. The first-order valence-corrected chi connectivity index (χ1v) is 12.7. The lowest BCUT2D eigenvalue weighted by Crippen LogP contribution is -2.37. The van der Waals surface area contributed by atoms with Gasteiger partial charge in [0.05, 0.1) is 35.0 Å². The van der Waals surface area contributed by atoms with Crippen LogP contribution in [0.2, 0.25) is 5.02 Å². The second-order valence-corrected chi connectivity index (χ2v) is 9.37. The molecule has 4 rings (SSSR count). The minimum Gasteiger partial charge on any atom is -0.465 e. The number of para-hydroxylation sites is 1. The highest BCUT2D eigenvalue weighted by Crippen LogP contribution is 2.31. The molecule has 2 aromatic carbocycles. The highest BCUT2D eigenvalue weighted by atomic mass is 35.5. The fourth-order valence-electron chi connectivity index (χ4n) is 3.40. The molecule has 0 saturated carbocycles. The van der Waals surface area contributed by atoms with Crippen LogP contribution < -0.4 is 15.0 Å². The molecule has 39 heavy (non-hydrogen) atoms. The van der Waals surface area contributed by atoms with Gasteiger partial charge in [0.15, 0.2) is 5.17 Å². The van der Waals surface area contributed by atoms with E-state index in [0.29, 0.717) is 22.2 Å². The molecule has 0 saturated heterocycles. The first kappa shape index (κ1) is 27.9. The molecule has 0 unspecified atom stereocenters. The molecule has 3 amide bonds. The lowest BCUT2D eigenvalue weighted by molar-refractivity contribution is -0.131. The van der Waals surface area contributed by atoms with Crippen LogP contribution in [-0.4, -0.2) is 53.7 Å². The lowest BCUT2D eigenvalue weighted by Gasteiger charge is -2.20. The Kier molecular flexibility index (Phi) is 8.99. The average Bonchev–Trinajstić information content (AvgIpc) is 3.52. The van der Waals surface area contributed by atoms with Gasteiger partial charge in [-0.3, -0.25) is 19.3 Å². The largest absolute Gasteiger partial charge is 0.465 e. The van der Waals surface area contributed by atoms with E-state index in [2.05, 4.69) is 15.0 Å². The summed E-state index contributed by atoms with van der Waals surface area (Å²) < 4.78 is 34.7. The van der Waals surface area contributed by atoms with Gasteiger partial charge in [-0.2, -0.15) is 8.78 Å². The van der Waals surface area contributed by atoms with Gasteiger partial charge in [-0.1, -0.05) is 35.5 Å². The highest BCUT2D eigenvalue weighted by molar-refractivity contribution is 8.14. The summed E-state index contributed by atoms with van der Waals surface area (Å²) in [6, 6.07) is 15.5. The van der Waals surface area contributed by atoms with E-state index in [-0.39, 0.29) is 28.9 Å². The summed E-state index contributed by atoms with van der Waals surface area (Å²) in [6.45, 7) is -3.22. The third kappa shape index (κ3) is 7.24. The van der Waals surface area contributed by atoms with Crippen LogP contribution in [0.5, 0.6) is 5.75 Å². The average molecular weight is 575 g/mol. The number of thioether (sulfide) groups is 1. The van der Waals surface area contributed by atoms with Crippen molar-refractivity contribution in [2.75, 3.05) is 29.6 Å². The number of hydrogen-bond donors (Lipinski definition) is 1. The number of benzene rings is 2. The minimum absolute atomic E-state index is 0.0558. The molecule has 0 bridgehead atoms. The van der Waals surface area contributed by atoms with E-state index in [1.165, 1.54) is 53.5 Å². The molecule has 0 fully saturated rings. The molecule has 1 N–H and O–H groups in total. The van der Waals surface area contributed by atoms with Crippen molar-refractivity contribution in [2.24, 2.45) is 4.99 Å². The number of amides is 3. The van der Waals surface area contributed by atoms with E-state index >= 15 is 0 Å². The van der Waals surface area contributed by atoms with Gasteiger partial charge in [0.25, 0.3) is 5.91 Å². The van der Waals surface area contributed by atoms with Gasteiger partial charge in [-0.15, -0.1) is 0 Å². The van der Waals surface area contributed by atoms with Crippen molar-refractivity contribution in [3.05, 3.63) is 83.4 Å². The zero-order valence-corrected chi connectivity index (χ0v) is 21.9. The molecule has 3 aromatic rings. The number of alkyl halides is 2. The lowest BCUT2D eigenvalue weighted by atomic mass is 10.2. The molecule has 0 aliphatic carbocycles. The number of aliphatic imine (C=N–C) groups is 1. The number of hydrogen-bond acceptors (Lipinski definition) is 7. The fraction of sp³-hybridized carbons (Fsp3) is 0.154. The Morgan fingerprint density at radius 3 is 2.59 bits per heavy atom. The molecule has 1 aliphatic heterocycles. The Balaban J connectivity index is 1.46. The molecule has 13 heteroatoms. The third-order valence-corrected chi connectivity index (χ3v) is 6.50. The van der Waals surface area contributed by atoms with Crippen molar-refractivity contribution in [1.29, 1.82) is 0 Å². The van der Waals surface area contributed by atoms with Crippen molar-refractivity contribution in [1.82, 2.24) is 4.90 Å². The van der Waals surface area contributed by atoms with Crippen LogP contribution in [0.3, 0.4) is 0 Å². The summed E-state index contributed by atoms with van der Waals surface area (Å²) in [4.78, 5) is 45.2. The molecular weight excluding hydrogens is 554 g/mol. The third-order valence-electron chi connectivity index (χ3n) is 5.25. The summed E-state index contributed by atoms with van der Waals surface area (Å²) in [5, 5.41) is 3.20. The maximum Gasteiger partial charge on any atom is 0.387 e. The maximum absolute atomic E-state index is 13.2. The Labute approximate surface area is 231 Å². The van der Waals surface area contributed by atoms with Crippen LogP contribution in [0, 0.1) is 0 Å². The number of nitrogens with zero attached hydrogens (tertiary/aromatic N) is 3. The number of carbonyl (C=O) groups excluding carboxylic acids is 3. The predicted molar refractivity (Wildman–Crippen MR) is 145 cm³/mol. The number of anilines is 2. The van der Waals surface area contributed by atoms with E-state index in [1.54, 1.807) is 36.4 Å². The molecule has 1 aromatic heterocycles. The highest BCUT2D eigenvalue weighted by Gasteiger charge is 2.33. The van der Waals surface area contributed by atoms with Gasteiger partial charge >= 0.3 is 6.61 Å². The normalized spacial score (nSPS) is 14.1. The van der Waals surface area contributed by atoms with Crippen LogP contribution >= 0.6 is 23.4 Å². The van der Waals surface area contributed by atoms with Crippen LogP contribution in [-0.2, 0) is 14.4 Å². The number of rotatable bonds is 9. The van der Waals surface area contributed by atoms with E-state index in [4.69, 9.17) is 16.0 Å². The zero-order chi connectivity index (χ0) is 27.9. The van der Waals surface area contributed by atoms with Crippen LogP contribution in [0.1, 0.15) is 5.76 Å². The minimum atomic E-state index is -2.99. The van der Waals surface area contributed by atoms with Crippen LogP contribution in [0.4, 0.5) is 20.2 Å². The molecule has 202 valence electrons. The SMILES string of the molecule is CN(CC(=O)Nc1ccccc1Cl)C(=O)CSC1=NC(=Cc2ccco2)C(=O)N1c1ccc(OC(F)F)cc1. The van der Waals surface area contributed by atoms with Gasteiger partial charge in [-0.25, -0.2) is 4.99 Å². The van der Waals surface area contributed by atoms with E-state index in [1.807, 2.05) is 0 Å². The standard InChI is InChI=1S/C26H21ClF2N4O5S/c1-32(14-22(34)30-20-7-3-2-6-19(20)27)23(35)15-39-26-31-21(13-18-5-4-12-37-18)24(36)33(26)16-8-10-17(11-9-16)38-25(28)29/h2-13,25H,14-15H2,1H3,(H,30,34). The number of furan rings is 1. The van der Waals surface area contributed by atoms with Gasteiger partial charge in [0.2, 0.25) is 11.8 Å². The molecule has 9 nitrogen and oxygen atoms in total. The van der Waals surface area contributed by atoms with Gasteiger partial charge in [-0.05, 0) is 48.5 Å². The van der Waals surface area contributed by atoms with Crippen LogP contribution in [0.25, 0.3) is 6.08 Å². The number of ether oxygens (including phenoxy) is 1. The zero-order valence-electron chi connectivity index (χ0n) is 20.3. The first-order chi connectivity index (χ1) is 18.7. The monoisotopic (exact) mass is 574 g/mol. The maximum atomic E-state index is 13.2. The van der Waals surface area contributed by atoms with E-state index < -0.39 is 24.3 Å². The Bertz CT molecular complexity index is 1410. The topological polar surface area (TPSA) is 104 Å². The Morgan fingerprint density at radius 2 is 1.92 bits per heavy atom. The number of likely N-dealkylation sites (N-methyl/N-ethyl adjacent to an activating group) is 1. The first-order valence-electron chi connectivity index (χ1n) is 11.4. The number of amidine groups is 1. The van der Waals surface area contributed by atoms with Crippen molar-refractivity contribution in [3.63, 3.8) is 0 Å². The molecule has 0 radical (unpaired) electrons. The summed E-state index contributed by atoms with van der Waals surface area (Å²) in [5.74, 6) is -1.16. The van der Waals surface area contributed by atoms with Crippen molar-refractivity contribution in [3.8, 4) is 5.75 Å². The Morgan fingerprint density at radius 1 is 1.18 bits per heavy atom. The quantitative estimate of drug-likeness (QED) is 0.356.